The van der Waals surface area contributed by atoms with Crippen LogP contribution in [0.25, 0.3) is 0 Å². The zero-order valence-corrected chi connectivity index (χ0v) is 5.34. The standard InChI is InChI=1S/C7H8BF/c8-7(9)6-4-2-1-3-5-6/h1-5,7H,8H2. The van der Waals surface area contributed by atoms with Crippen LogP contribution >= 0.6 is 0 Å². The molecule has 0 radical (unpaired) electrons. The fraction of sp³-hybridized carbons (Fsp3) is 0.143. The zero-order valence-electron chi connectivity index (χ0n) is 5.34. The lowest BCUT2D eigenvalue weighted by Crippen LogP contribution is -1.87. The van der Waals surface area contributed by atoms with E-state index < -0.39 is 6.07 Å². The van der Waals surface area contributed by atoms with E-state index in [0.717, 1.165) is 5.56 Å². The van der Waals surface area contributed by atoms with Crippen LogP contribution in [0.4, 0.5) is 4.39 Å². The molecule has 1 aromatic rings. The van der Waals surface area contributed by atoms with Crippen LogP contribution in [0.1, 0.15) is 11.6 Å². The van der Waals surface area contributed by atoms with E-state index in [-0.39, 0.29) is 0 Å². The van der Waals surface area contributed by atoms with Crippen LogP contribution in [0.15, 0.2) is 30.3 Å². The Kier molecular flexibility index (Phi) is 1.88. The summed E-state index contributed by atoms with van der Waals surface area (Å²) in [5.74, 6) is 0. The first kappa shape index (κ1) is 6.34. The highest BCUT2D eigenvalue weighted by molar-refractivity contribution is 6.11. The average Bonchev–Trinajstić information content (AvgIpc) is 1.90. The van der Waals surface area contributed by atoms with Gasteiger partial charge < -0.3 is 0 Å². The fourth-order valence-electron chi connectivity index (χ4n) is 0.718. The molecule has 0 aliphatic heterocycles. The van der Waals surface area contributed by atoms with Gasteiger partial charge in [-0.15, -0.1) is 0 Å². The molecule has 0 aliphatic carbocycles. The molecular formula is C7H8BF. The highest BCUT2D eigenvalue weighted by Crippen LogP contribution is 2.10. The van der Waals surface area contributed by atoms with Crippen molar-refractivity contribution >= 4 is 7.85 Å². The zero-order chi connectivity index (χ0) is 6.69. The second kappa shape index (κ2) is 2.67. The molecule has 0 aromatic heterocycles. The van der Waals surface area contributed by atoms with Crippen molar-refractivity contribution in [3.05, 3.63) is 35.9 Å². The van der Waals surface area contributed by atoms with Crippen LogP contribution in [0, 0.1) is 0 Å². The lowest BCUT2D eigenvalue weighted by atomic mass is 9.94. The Morgan fingerprint density at radius 1 is 1.22 bits per heavy atom. The molecule has 0 nitrogen and oxygen atoms in total. The van der Waals surface area contributed by atoms with Crippen molar-refractivity contribution in [1.29, 1.82) is 0 Å². The van der Waals surface area contributed by atoms with E-state index in [0.29, 0.717) is 0 Å². The van der Waals surface area contributed by atoms with Crippen LogP contribution in [0.3, 0.4) is 0 Å². The van der Waals surface area contributed by atoms with E-state index >= 15 is 0 Å². The SMILES string of the molecule is BC(F)c1ccccc1. The van der Waals surface area contributed by atoms with Crippen molar-refractivity contribution in [2.75, 3.05) is 0 Å². The Labute approximate surface area is 55.1 Å². The van der Waals surface area contributed by atoms with Gasteiger partial charge in [0, 0.05) is 0 Å². The molecule has 0 saturated heterocycles. The average molecular weight is 122 g/mol. The number of benzene rings is 1. The molecule has 0 spiro atoms. The van der Waals surface area contributed by atoms with Gasteiger partial charge in [0.25, 0.3) is 0 Å². The third kappa shape index (κ3) is 1.56. The molecule has 9 heavy (non-hydrogen) atoms. The molecule has 46 valence electrons. The van der Waals surface area contributed by atoms with Crippen LogP contribution in [-0.2, 0) is 0 Å². The van der Waals surface area contributed by atoms with E-state index in [1.807, 2.05) is 18.2 Å². The second-order valence-corrected chi connectivity index (χ2v) is 2.03. The summed E-state index contributed by atoms with van der Waals surface area (Å²) in [5, 5.41) is 0. The van der Waals surface area contributed by atoms with Crippen molar-refractivity contribution in [2.24, 2.45) is 0 Å². The lowest BCUT2D eigenvalue weighted by molar-refractivity contribution is 0.459. The Bertz CT molecular complexity index is 172. The molecule has 2 heteroatoms. The van der Waals surface area contributed by atoms with E-state index in [4.69, 9.17) is 0 Å². The number of halogens is 1. The molecule has 0 aliphatic rings. The van der Waals surface area contributed by atoms with Crippen molar-refractivity contribution in [3.63, 3.8) is 0 Å². The quantitative estimate of drug-likeness (QED) is 0.492. The number of alkyl halides is 1. The summed E-state index contributed by atoms with van der Waals surface area (Å²) in [5.41, 5.74) is 0.748. The van der Waals surface area contributed by atoms with Crippen molar-refractivity contribution in [3.8, 4) is 0 Å². The molecule has 1 aromatic carbocycles. The van der Waals surface area contributed by atoms with Gasteiger partial charge in [-0.1, -0.05) is 30.3 Å². The predicted octanol–water partition coefficient (Wildman–Crippen LogP) is 1.29. The highest BCUT2D eigenvalue weighted by atomic mass is 19.1. The Hall–Kier alpha value is -0.785. The molecular weight excluding hydrogens is 114 g/mol. The Morgan fingerprint density at radius 2 is 1.78 bits per heavy atom. The molecule has 0 fully saturated rings. The van der Waals surface area contributed by atoms with Crippen molar-refractivity contribution in [1.82, 2.24) is 0 Å². The summed E-state index contributed by atoms with van der Waals surface area (Å²) in [6, 6.07) is 9.12. The van der Waals surface area contributed by atoms with Gasteiger partial charge in [-0.3, -0.25) is 4.39 Å². The third-order valence-electron chi connectivity index (χ3n) is 1.26. The minimum absolute atomic E-state index is 0.748. The molecule has 0 N–H and O–H groups in total. The summed E-state index contributed by atoms with van der Waals surface area (Å²) in [7, 11) is 1.54. The fourth-order valence-corrected chi connectivity index (χ4v) is 0.718. The van der Waals surface area contributed by atoms with Gasteiger partial charge in [-0.05, 0) is 5.56 Å². The molecule has 1 rings (SSSR count). The van der Waals surface area contributed by atoms with Gasteiger partial charge in [0.1, 0.15) is 0 Å². The number of hydrogen-bond acceptors (Lipinski definition) is 0. The molecule has 0 saturated carbocycles. The normalized spacial score (nSPS) is 13.0. The third-order valence-corrected chi connectivity index (χ3v) is 1.26. The largest absolute Gasteiger partial charge is 0.253 e. The summed E-state index contributed by atoms with van der Waals surface area (Å²) >= 11 is 0. The molecule has 0 heterocycles. The lowest BCUT2D eigenvalue weighted by Gasteiger charge is -1.98. The van der Waals surface area contributed by atoms with Crippen LogP contribution in [-0.4, -0.2) is 7.85 Å². The second-order valence-electron chi connectivity index (χ2n) is 2.03. The molecule has 1 unspecified atom stereocenters. The van der Waals surface area contributed by atoms with Gasteiger partial charge in [0.05, 0.1) is 6.07 Å². The highest BCUT2D eigenvalue weighted by Gasteiger charge is 1.98. The Balaban J connectivity index is 2.85. The van der Waals surface area contributed by atoms with Crippen molar-refractivity contribution in [2.45, 2.75) is 6.07 Å². The topological polar surface area (TPSA) is 0 Å². The first-order valence-corrected chi connectivity index (χ1v) is 2.99. The van der Waals surface area contributed by atoms with Crippen molar-refractivity contribution < 1.29 is 4.39 Å². The maximum absolute atomic E-state index is 12.4. The predicted molar refractivity (Wildman–Crippen MR) is 38.8 cm³/mol. The molecule has 0 bridgehead atoms. The van der Waals surface area contributed by atoms with Gasteiger partial charge in [-0.2, -0.15) is 0 Å². The van der Waals surface area contributed by atoms with Crippen LogP contribution < -0.4 is 0 Å². The van der Waals surface area contributed by atoms with E-state index in [2.05, 4.69) is 0 Å². The summed E-state index contributed by atoms with van der Waals surface area (Å²) in [4.78, 5) is 0. The minimum Gasteiger partial charge on any atom is -0.253 e. The maximum atomic E-state index is 12.4. The van der Waals surface area contributed by atoms with E-state index in [9.17, 15) is 4.39 Å². The first-order chi connectivity index (χ1) is 4.30. The summed E-state index contributed by atoms with van der Waals surface area (Å²) < 4.78 is 12.4. The molecule has 0 amide bonds. The van der Waals surface area contributed by atoms with Gasteiger partial charge >= 0.3 is 0 Å². The first-order valence-electron chi connectivity index (χ1n) is 2.99. The smallest absolute Gasteiger partial charge is 0.152 e. The van der Waals surface area contributed by atoms with Crippen LogP contribution in [0.2, 0.25) is 0 Å². The Morgan fingerprint density at radius 3 is 2.11 bits per heavy atom. The van der Waals surface area contributed by atoms with Gasteiger partial charge in [-0.25, -0.2) is 0 Å². The molecule has 1 atom stereocenters. The number of hydrogen-bond donors (Lipinski definition) is 0. The number of rotatable bonds is 1. The summed E-state index contributed by atoms with van der Waals surface area (Å²) in [6.45, 7) is 0. The summed E-state index contributed by atoms with van der Waals surface area (Å²) in [6.07, 6.45) is -0.841. The minimum atomic E-state index is -0.841. The van der Waals surface area contributed by atoms with Gasteiger partial charge in [0.15, 0.2) is 7.85 Å². The van der Waals surface area contributed by atoms with Gasteiger partial charge in [0.2, 0.25) is 0 Å². The van der Waals surface area contributed by atoms with Crippen LogP contribution in [0.5, 0.6) is 0 Å². The maximum Gasteiger partial charge on any atom is 0.152 e. The van der Waals surface area contributed by atoms with E-state index in [1.54, 1.807) is 12.1 Å². The monoisotopic (exact) mass is 122 g/mol. The van der Waals surface area contributed by atoms with E-state index in [1.165, 1.54) is 7.85 Å².